The molecule has 0 aliphatic heterocycles. The third-order valence-corrected chi connectivity index (χ3v) is 3.25. The third-order valence-electron chi connectivity index (χ3n) is 3.25. The van der Waals surface area contributed by atoms with Gasteiger partial charge in [0.05, 0.1) is 12.1 Å². The number of hydrogen-bond donors (Lipinski definition) is 1. The molecular weight excluding hydrogens is 240 g/mol. The van der Waals surface area contributed by atoms with Crippen molar-refractivity contribution in [1.29, 1.82) is 0 Å². The number of rotatable bonds is 6. The number of aryl methyl sites for hydroxylation is 1. The van der Waals surface area contributed by atoms with Crippen LogP contribution in [-0.2, 0) is 4.79 Å². The fourth-order valence-electron chi connectivity index (χ4n) is 1.69. The smallest absolute Gasteiger partial charge is 0.242 e. The summed E-state index contributed by atoms with van der Waals surface area (Å²) in [6.07, 6.45) is 0.620. The summed E-state index contributed by atoms with van der Waals surface area (Å²) in [6, 6.07) is 7.85. The maximum Gasteiger partial charge on any atom is 0.242 e. The molecule has 2 N–H and O–H groups in total. The van der Waals surface area contributed by atoms with Crippen molar-refractivity contribution in [3.05, 3.63) is 29.8 Å². The Labute approximate surface area is 115 Å². The van der Waals surface area contributed by atoms with Gasteiger partial charge < -0.3 is 15.4 Å². The summed E-state index contributed by atoms with van der Waals surface area (Å²) in [5.74, 6) is 0.773. The van der Waals surface area contributed by atoms with Crippen molar-refractivity contribution in [2.45, 2.75) is 32.7 Å². The lowest BCUT2D eigenvalue weighted by molar-refractivity contribution is -0.135. The first-order chi connectivity index (χ1) is 8.86. The van der Waals surface area contributed by atoms with Crippen LogP contribution in [0.3, 0.4) is 0 Å². The van der Waals surface area contributed by atoms with Gasteiger partial charge in [0.1, 0.15) is 12.4 Å². The molecule has 0 fully saturated rings. The average molecular weight is 264 g/mol. The van der Waals surface area contributed by atoms with Gasteiger partial charge in [-0.25, -0.2) is 0 Å². The van der Waals surface area contributed by atoms with E-state index < -0.39 is 5.54 Å². The van der Waals surface area contributed by atoms with E-state index in [1.807, 2.05) is 38.1 Å². The predicted octanol–water partition coefficient (Wildman–Crippen LogP) is 1.96. The molecule has 4 heteroatoms. The van der Waals surface area contributed by atoms with Crippen LogP contribution >= 0.6 is 0 Å². The Morgan fingerprint density at radius 1 is 1.47 bits per heavy atom. The first-order valence-electron chi connectivity index (χ1n) is 6.60. The highest BCUT2D eigenvalue weighted by Gasteiger charge is 2.28. The van der Waals surface area contributed by atoms with E-state index in [0.29, 0.717) is 19.6 Å². The number of carbonyl (C=O) groups is 1. The zero-order valence-corrected chi connectivity index (χ0v) is 12.3. The zero-order valence-electron chi connectivity index (χ0n) is 12.3. The minimum absolute atomic E-state index is 0.0529. The van der Waals surface area contributed by atoms with Gasteiger partial charge in [0.15, 0.2) is 0 Å². The van der Waals surface area contributed by atoms with E-state index in [0.717, 1.165) is 11.3 Å². The molecule has 0 heterocycles. The van der Waals surface area contributed by atoms with Gasteiger partial charge in [-0.1, -0.05) is 19.1 Å². The maximum absolute atomic E-state index is 12.0. The van der Waals surface area contributed by atoms with Crippen molar-refractivity contribution in [2.24, 2.45) is 5.73 Å². The average Bonchev–Trinajstić information content (AvgIpc) is 2.37. The summed E-state index contributed by atoms with van der Waals surface area (Å²) in [5.41, 5.74) is 6.29. The monoisotopic (exact) mass is 264 g/mol. The van der Waals surface area contributed by atoms with Gasteiger partial charge in [0.2, 0.25) is 5.91 Å². The first kappa shape index (κ1) is 15.5. The van der Waals surface area contributed by atoms with Crippen molar-refractivity contribution >= 4 is 5.91 Å². The normalized spacial score (nSPS) is 13.7. The first-order valence-corrected chi connectivity index (χ1v) is 6.60. The fraction of sp³-hybridized carbons (Fsp3) is 0.533. The fourth-order valence-corrected chi connectivity index (χ4v) is 1.69. The highest BCUT2D eigenvalue weighted by Crippen LogP contribution is 2.13. The quantitative estimate of drug-likeness (QED) is 0.854. The Hall–Kier alpha value is -1.55. The Balaban J connectivity index is 2.43. The van der Waals surface area contributed by atoms with Crippen LogP contribution in [0.5, 0.6) is 5.75 Å². The van der Waals surface area contributed by atoms with Gasteiger partial charge in [0.25, 0.3) is 0 Å². The molecule has 4 nitrogen and oxygen atoms in total. The van der Waals surface area contributed by atoms with E-state index >= 15 is 0 Å². The molecule has 1 unspecified atom stereocenters. The summed E-state index contributed by atoms with van der Waals surface area (Å²) in [6.45, 7) is 6.68. The number of nitrogens with zero attached hydrogens (tertiary/aromatic N) is 1. The standard InChI is InChI=1S/C15H24N2O2/c1-5-15(3,16)14(18)17(4)9-10-19-13-8-6-7-12(2)11-13/h6-8,11H,5,9-10,16H2,1-4H3. The topological polar surface area (TPSA) is 55.6 Å². The summed E-state index contributed by atoms with van der Waals surface area (Å²) < 4.78 is 5.62. The molecule has 0 aliphatic carbocycles. The minimum Gasteiger partial charge on any atom is -0.492 e. The van der Waals surface area contributed by atoms with Gasteiger partial charge in [-0.2, -0.15) is 0 Å². The molecule has 0 radical (unpaired) electrons. The number of ether oxygens (including phenoxy) is 1. The molecule has 0 aliphatic rings. The Morgan fingerprint density at radius 2 is 2.16 bits per heavy atom. The maximum atomic E-state index is 12.0. The van der Waals surface area contributed by atoms with Crippen LogP contribution in [0.1, 0.15) is 25.8 Å². The number of nitrogens with two attached hydrogens (primary N) is 1. The highest BCUT2D eigenvalue weighted by atomic mass is 16.5. The Kier molecular flexibility index (Phi) is 5.36. The molecule has 19 heavy (non-hydrogen) atoms. The molecular formula is C15H24N2O2. The van der Waals surface area contributed by atoms with Crippen molar-refractivity contribution in [2.75, 3.05) is 20.2 Å². The van der Waals surface area contributed by atoms with Gasteiger partial charge in [-0.15, -0.1) is 0 Å². The molecule has 1 atom stereocenters. The SMILES string of the molecule is CCC(C)(N)C(=O)N(C)CCOc1cccc(C)c1. The van der Waals surface area contributed by atoms with Crippen LogP contribution in [0.15, 0.2) is 24.3 Å². The lowest BCUT2D eigenvalue weighted by Crippen LogP contribution is -2.52. The summed E-state index contributed by atoms with van der Waals surface area (Å²) in [7, 11) is 1.75. The predicted molar refractivity (Wildman–Crippen MR) is 77.2 cm³/mol. The molecule has 0 saturated heterocycles. The van der Waals surface area contributed by atoms with Crippen LogP contribution in [-0.4, -0.2) is 36.5 Å². The van der Waals surface area contributed by atoms with Crippen LogP contribution in [0.25, 0.3) is 0 Å². The zero-order chi connectivity index (χ0) is 14.5. The van der Waals surface area contributed by atoms with Gasteiger partial charge in [-0.3, -0.25) is 4.79 Å². The molecule has 0 bridgehead atoms. The van der Waals surface area contributed by atoms with Crippen LogP contribution in [0, 0.1) is 6.92 Å². The van der Waals surface area contributed by atoms with E-state index in [-0.39, 0.29) is 5.91 Å². The van der Waals surface area contributed by atoms with Crippen molar-refractivity contribution in [3.8, 4) is 5.75 Å². The third kappa shape index (κ3) is 4.56. The van der Waals surface area contributed by atoms with Crippen LogP contribution in [0.2, 0.25) is 0 Å². The van der Waals surface area contributed by atoms with Crippen LogP contribution in [0.4, 0.5) is 0 Å². The summed E-state index contributed by atoms with van der Waals surface area (Å²) in [5, 5.41) is 0. The lowest BCUT2D eigenvalue weighted by atomic mass is 9.99. The molecule has 0 saturated carbocycles. The van der Waals surface area contributed by atoms with E-state index in [2.05, 4.69) is 0 Å². The highest BCUT2D eigenvalue weighted by molar-refractivity contribution is 5.85. The number of amides is 1. The van der Waals surface area contributed by atoms with Gasteiger partial charge in [0, 0.05) is 7.05 Å². The molecule has 1 rings (SSSR count). The second kappa shape index (κ2) is 6.57. The molecule has 0 aromatic heterocycles. The van der Waals surface area contributed by atoms with Crippen molar-refractivity contribution < 1.29 is 9.53 Å². The van der Waals surface area contributed by atoms with E-state index in [1.165, 1.54) is 0 Å². The molecule has 0 spiro atoms. The molecule has 1 aromatic carbocycles. The Morgan fingerprint density at radius 3 is 2.74 bits per heavy atom. The number of hydrogen-bond acceptors (Lipinski definition) is 3. The summed E-state index contributed by atoms with van der Waals surface area (Å²) >= 11 is 0. The molecule has 1 aromatic rings. The molecule has 106 valence electrons. The van der Waals surface area contributed by atoms with Crippen molar-refractivity contribution in [1.82, 2.24) is 4.90 Å². The van der Waals surface area contributed by atoms with Crippen LogP contribution < -0.4 is 10.5 Å². The van der Waals surface area contributed by atoms with Crippen molar-refractivity contribution in [3.63, 3.8) is 0 Å². The molecule has 1 amide bonds. The van der Waals surface area contributed by atoms with E-state index in [4.69, 9.17) is 10.5 Å². The number of likely N-dealkylation sites (N-methyl/N-ethyl adjacent to an activating group) is 1. The number of carbonyl (C=O) groups excluding carboxylic acids is 1. The largest absolute Gasteiger partial charge is 0.492 e. The van der Waals surface area contributed by atoms with E-state index in [9.17, 15) is 4.79 Å². The number of benzene rings is 1. The Bertz CT molecular complexity index is 430. The van der Waals surface area contributed by atoms with E-state index in [1.54, 1.807) is 18.9 Å². The summed E-state index contributed by atoms with van der Waals surface area (Å²) in [4.78, 5) is 13.7. The second-order valence-corrected chi connectivity index (χ2v) is 5.16. The van der Waals surface area contributed by atoms with Gasteiger partial charge in [-0.05, 0) is 38.0 Å². The minimum atomic E-state index is -0.794. The second-order valence-electron chi connectivity index (χ2n) is 5.16. The lowest BCUT2D eigenvalue weighted by Gasteiger charge is -2.28. The van der Waals surface area contributed by atoms with Gasteiger partial charge >= 0.3 is 0 Å².